The number of hydrogen-bond acceptors (Lipinski definition) is 7. The molecule has 1 saturated heterocycles. The van der Waals surface area contributed by atoms with Crippen molar-refractivity contribution in [2.75, 3.05) is 60.2 Å². The zero-order valence-electron chi connectivity index (χ0n) is 11.8. The van der Waals surface area contributed by atoms with Gasteiger partial charge in [0.25, 0.3) is 0 Å². The fourth-order valence-corrected chi connectivity index (χ4v) is 1.77. The van der Waals surface area contributed by atoms with Crippen LogP contribution in [-0.2, 0) is 28.6 Å². The second kappa shape index (κ2) is 8.49. The third kappa shape index (κ3) is 5.54. The van der Waals surface area contributed by atoms with Crippen molar-refractivity contribution in [1.82, 2.24) is 9.80 Å². The highest BCUT2D eigenvalue weighted by atomic mass is 16.5. The van der Waals surface area contributed by atoms with Crippen LogP contribution in [0.1, 0.15) is 0 Å². The lowest BCUT2D eigenvalue weighted by Crippen LogP contribution is -2.47. The first-order chi connectivity index (χ1) is 9.56. The fourth-order valence-electron chi connectivity index (χ4n) is 1.77. The Morgan fingerprint density at radius 1 is 1.00 bits per heavy atom. The van der Waals surface area contributed by atoms with Gasteiger partial charge in [-0.25, -0.2) is 0 Å². The molecule has 114 valence electrons. The van der Waals surface area contributed by atoms with Gasteiger partial charge in [0.1, 0.15) is 0 Å². The standard InChI is InChI=1S/C12H20N2O6/c1-18-11(16)8-13(9-12(17)19-2)7-10(15)14-3-5-20-6-4-14/h3-9H2,1-2H3. The summed E-state index contributed by atoms with van der Waals surface area (Å²) in [5, 5.41) is 0. The molecule has 0 atom stereocenters. The SMILES string of the molecule is COC(=O)CN(CC(=O)OC)CC(=O)N1CCOCC1. The molecule has 0 spiro atoms. The molecule has 1 aliphatic heterocycles. The van der Waals surface area contributed by atoms with Crippen LogP contribution in [0.5, 0.6) is 0 Å². The number of esters is 2. The molecule has 0 unspecified atom stereocenters. The van der Waals surface area contributed by atoms with Crippen molar-refractivity contribution in [3.63, 3.8) is 0 Å². The lowest BCUT2D eigenvalue weighted by molar-refractivity contribution is -0.147. The van der Waals surface area contributed by atoms with Gasteiger partial charge in [0, 0.05) is 13.1 Å². The van der Waals surface area contributed by atoms with Crippen molar-refractivity contribution in [1.29, 1.82) is 0 Å². The average Bonchev–Trinajstić information content (AvgIpc) is 2.47. The number of ether oxygens (including phenoxy) is 3. The van der Waals surface area contributed by atoms with Crippen LogP contribution >= 0.6 is 0 Å². The lowest BCUT2D eigenvalue weighted by atomic mass is 10.3. The first-order valence-corrected chi connectivity index (χ1v) is 6.28. The van der Waals surface area contributed by atoms with Crippen LogP contribution in [0.3, 0.4) is 0 Å². The van der Waals surface area contributed by atoms with Gasteiger partial charge >= 0.3 is 11.9 Å². The quantitative estimate of drug-likeness (QED) is 0.549. The number of amides is 1. The predicted octanol–water partition coefficient (Wildman–Crippen LogP) is -1.51. The van der Waals surface area contributed by atoms with E-state index >= 15 is 0 Å². The zero-order valence-corrected chi connectivity index (χ0v) is 11.8. The van der Waals surface area contributed by atoms with E-state index in [4.69, 9.17) is 4.74 Å². The Balaban J connectivity index is 2.54. The highest BCUT2D eigenvalue weighted by Gasteiger charge is 2.23. The van der Waals surface area contributed by atoms with Crippen molar-refractivity contribution in [2.24, 2.45) is 0 Å². The topological polar surface area (TPSA) is 85.4 Å². The maximum Gasteiger partial charge on any atom is 0.319 e. The van der Waals surface area contributed by atoms with Crippen LogP contribution in [0.4, 0.5) is 0 Å². The molecule has 0 aliphatic carbocycles. The van der Waals surface area contributed by atoms with Crippen LogP contribution in [0, 0.1) is 0 Å². The van der Waals surface area contributed by atoms with Crippen molar-refractivity contribution in [3.8, 4) is 0 Å². The van der Waals surface area contributed by atoms with Crippen LogP contribution < -0.4 is 0 Å². The summed E-state index contributed by atoms with van der Waals surface area (Å²) in [5.74, 6) is -1.17. The van der Waals surface area contributed by atoms with E-state index in [-0.39, 0.29) is 25.5 Å². The molecule has 8 heteroatoms. The van der Waals surface area contributed by atoms with Crippen molar-refractivity contribution in [3.05, 3.63) is 0 Å². The van der Waals surface area contributed by atoms with Crippen LogP contribution in [0.25, 0.3) is 0 Å². The number of rotatable bonds is 6. The molecule has 0 N–H and O–H groups in total. The minimum absolute atomic E-state index is 0.0375. The van der Waals surface area contributed by atoms with E-state index in [1.165, 1.54) is 19.1 Å². The maximum atomic E-state index is 12.1. The summed E-state index contributed by atoms with van der Waals surface area (Å²) in [6.45, 7) is 1.72. The van der Waals surface area contributed by atoms with E-state index in [0.717, 1.165) is 0 Å². The van der Waals surface area contributed by atoms with E-state index in [1.54, 1.807) is 4.90 Å². The molecule has 0 aromatic carbocycles. The summed E-state index contributed by atoms with van der Waals surface area (Å²) in [6.07, 6.45) is 0. The molecular formula is C12H20N2O6. The zero-order chi connectivity index (χ0) is 15.0. The summed E-state index contributed by atoms with van der Waals surface area (Å²) >= 11 is 0. The molecule has 1 amide bonds. The minimum Gasteiger partial charge on any atom is -0.468 e. The number of carbonyl (C=O) groups is 3. The molecule has 0 aromatic heterocycles. The summed E-state index contributed by atoms with van der Waals surface area (Å²) in [7, 11) is 2.50. The Kier molecular flexibility index (Phi) is 6.96. The molecule has 1 aliphatic rings. The first kappa shape index (κ1) is 16.4. The van der Waals surface area contributed by atoms with Crippen molar-refractivity contribution in [2.45, 2.75) is 0 Å². The minimum atomic E-state index is -0.510. The molecule has 20 heavy (non-hydrogen) atoms. The Labute approximate surface area is 117 Å². The van der Waals surface area contributed by atoms with Gasteiger partial charge in [0.15, 0.2) is 0 Å². The van der Waals surface area contributed by atoms with Gasteiger partial charge < -0.3 is 19.1 Å². The van der Waals surface area contributed by atoms with Crippen molar-refractivity contribution < 1.29 is 28.6 Å². The average molecular weight is 288 g/mol. The molecule has 0 radical (unpaired) electrons. The van der Waals surface area contributed by atoms with Gasteiger partial charge in [-0.3, -0.25) is 19.3 Å². The van der Waals surface area contributed by atoms with Crippen LogP contribution in [-0.4, -0.2) is 87.8 Å². The molecule has 1 fully saturated rings. The van der Waals surface area contributed by atoms with Gasteiger partial charge in [-0.2, -0.15) is 0 Å². The number of morpholine rings is 1. The normalized spacial score (nSPS) is 15.1. The third-order valence-electron chi connectivity index (χ3n) is 2.88. The van der Waals surface area contributed by atoms with Crippen molar-refractivity contribution >= 4 is 17.8 Å². The second-order valence-electron chi connectivity index (χ2n) is 4.29. The van der Waals surface area contributed by atoms with Gasteiger partial charge in [0.05, 0.1) is 47.1 Å². The summed E-state index contributed by atoms with van der Waals surface area (Å²) in [5.41, 5.74) is 0. The van der Waals surface area contributed by atoms with Gasteiger partial charge in [-0.1, -0.05) is 0 Å². The largest absolute Gasteiger partial charge is 0.468 e. The smallest absolute Gasteiger partial charge is 0.319 e. The summed E-state index contributed by atoms with van der Waals surface area (Å²) in [6, 6.07) is 0. The maximum absolute atomic E-state index is 12.1. The predicted molar refractivity (Wildman–Crippen MR) is 67.9 cm³/mol. The molecule has 0 bridgehead atoms. The van der Waals surface area contributed by atoms with E-state index in [2.05, 4.69) is 9.47 Å². The van der Waals surface area contributed by atoms with Crippen LogP contribution in [0.15, 0.2) is 0 Å². The molecular weight excluding hydrogens is 268 g/mol. The van der Waals surface area contributed by atoms with Gasteiger partial charge in [-0.15, -0.1) is 0 Å². The lowest BCUT2D eigenvalue weighted by Gasteiger charge is -2.29. The van der Waals surface area contributed by atoms with E-state index < -0.39 is 11.9 Å². The van der Waals surface area contributed by atoms with Gasteiger partial charge in [-0.05, 0) is 0 Å². The highest BCUT2D eigenvalue weighted by Crippen LogP contribution is 2.00. The Hall–Kier alpha value is -1.67. The number of hydrogen-bond donors (Lipinski definition) is 0. The van der Waals surface area contributed by atoms with Crippen LogP contribution in [0.2, 0.25) is 0 Å². The van der Waals surface area contributed by atoms with Gasteiger partial charge in [0.2, 0.25) is 5.91 Å². The second-order valence-corrected chi connectivity index (χ2v) is 4.29. The van der Waals surface area contributed by atoms with E-state index in [1.807, 2.05) is 0 Å². The molecule has 8 nitrogen and oxygen atoms in total. The monoisotopic (exact) mass is 288 g/mol. The third-order valence-corrected chi connectivity index (χ3v) is 2.88. The first-order valence-electron chi connectivity index (χ1n) is 6.28. The van der Waals surface area contributed by atoms with E-state index in [0.29, 0.717) is 26.3 Å². The molecule has 1 heterocycles. The Morgan fingerprint density at radius 2 is 1.50 bits per heavy atom. The summed E-state index contributed by atoms with van der Waals surface area (Å²) < 4.78 is 14.3. The summed E-state index contributed by atoms with van der Waals surface area (Å²) in [4.78, 5) is 37.7. The highest BCUT2D eigenvalue weighted by molar-refractivity contribution is 5.81. The number of carbonyl (C=O) groups excluding carboxylic acids is 3. The number of nitrogens with zero attached hydrogens (tertiary/aromatic N) is 2. The molecule has 0 aromatic rings. The molecule has 0 saturated carbocycles. The fraction of sp³-hybridized carbons (Fsp3) is 0.750. The Morgan fingerprint density at radius 3 is 1.95 bits per heavy atom. The number of methoxy groups -OCH3 is 2. The van der Waals surface area contributed by atoms with E-state index in [9.17, 15) is 14.4 Å². The Bertz CT molecular complexity index is 336. The molecule has 1 rings (SSSR count).